The maximum atomic E-state index is 12.0. The molecule has 6 nitrogen and oxygen atoms in total. The molecule has 0 unspecified atom stereocenters. The average molecular weight is 307 g/mol. The van der Waals surface area contributed by atoms with E-state index in [2.05, 4.69) is 5.32 Å². The topological polar surface area (TPSA) is 84.9 Å². The summed E-state index contributed by atoms with van der Waals surface area (Å²) in [5.41, 5.74) is 1.05. The zero-order valence-electron chi connectivity index (χ0n) is 12.6. The monoisotopic (exact) mass is 307 g/mol. The van der Waals surface area contributed by atoms with Crippen molar-refractivity contribution in [3.05, 3.63) is 29.3 Å². The Bertz CT molecular complexity index is 537. The van der Waals surface area contributed by atoms with Gasteiger partial charge in [0.05, 0.1) is 25.2 Å². The van der Waals surface area contributed by atoms with Gasteiger partial charge in [-0.2, -0.15) is 0 Å². The Labute approximate surface area is 129 Å². The minimum atomic E-state index is -0.990. The van der Waals surface area contributed by atoms with Gasteiger partial charge in [-0.15, -0.1) is 0 Å². The predicted octanol–water partition coefficient (Wildman–Crippen LogP) is 1.48. The molecule has 0 radical (unpaired) electrons. The number of benzene rings is 1. The Balaban J connectivity index is 1.88. The lowest BCUT2D eigenvalue weighted by molar-refractivity contribution is -0.128. The van der Waals surface area contributed by atoms with Crippen molar-refractivity contribution in [2.45, 2.75) is 19.3 Å². The summed E-state index contributed by atoms with van der Waals surface area (Å²) in [6.07, 6.45) is 2.37. The lowest BCUT2D eigenvalue weighted by atomic mass is 10.0. The molecular weight excluding hydrogens is 286 g/mol. The molecule has 1 amide bonds. The SMILES string of the molecule is COc1cc(C(=O)O)ccc1CCNC(=O)[C@@H]1CCCOC1. The van der Waals surface area contributed by atoms with Crippen molar-refractivity contribution in [2.75, 3.05) is 26.9 Å². The van der Waals surface area contributed by atoms with Gasteiger partial charge in [-0.3, -0.25) is 4.79 Å². The normalized spacial score (nSPS) is 17.8. The first kappa shape index (κ1) is 16.3. The third-order valence-electron chi connectivity index (χ3n) is 3.76. The van der Waals surface area contributed by atoms with Gasteiger partial charge in [0.15, 0.2) is 0 Å². The Hall–Kier alpha value is -2.08. The highest BCUT2D eigenvalue weighted by atomic mass is 16.5. The van der Waals surface area contributed by atoms with Crippen molar-refractivity contribution < 1.29 is 24.2 Å². The van der Waals surface area contributed by atoms with Crippen LogP contribution < -0.4 is 10.1 Å². The molecule has 1 fully saturated rings. The summed E-state index contributed by atoms with van der Waals surface area (Å²) in [4.78, 5) is 22.9. The Kier molecular flexibility index (Phi) is 5.77. The van der Waals surface area contributed by atoms with E-state index in [0.29, 0.717) is 25.3 Å². The van der Waals surface area contributed by atoms with Gasteiger partial charge in [-0.25, -0.2) is 4.79 Å². The second kappa shape index (κ2) is 7.79. The minimum absolute atomic E-state index is 0.0147. The first-order valence-electron chi connectivity index (χ1n) is 7.37. The number of ether oxygens (including phenoxy) is 2. The highest BCUT2D eigenvalue weighted by Crippen LogP contribution is 2.21. The second-order valence-corrected chi connectivity index (χ2v) is 5.29. The van der Waals surface area contributed by atoms with E-state index in [-0.39, 0.29) is 17.4 Å². The molecule has 1 aliphatic rings. The standard InChI is InChI=1S/C16H21NO5/c1-21-14-9-12(16(19)20)5-4-11(14)6-7-17-15(18)13-3-2-8-22-10-13/h4-5,9,13H,2-3,6-8,10H2,1H3,(H,17,18)(H,19,20)/t13-/m1/s1. The smallest absolute Gasteiger partial charge is 0.335 e. The van der Waals surface area contributed by atoms with E-state index in [1.807, 2.05) is 0 Å². The zero-order valence-corrected chi connectivity index (χ0v) is 12.6. The number of hydrogen-bond acceptors (Lipinski definition) is 4. The summed E-state index contributed by atoms with van der Waals surface area (Å²) >= 11 is 0. The van der Waals surface area contributed by atoms with Crippen molar-refractivity contribution in [3.8, 4) is 5.75 Å². The van der Waals surface area contributed by atoms with Gasteiger partial charge in [0, 0.05) is 13.2 Å². The largest absolute Gasteiger partial charge is 0.496 e. The molecule has 120 valence electrons. The van der Waals surface area contributed by atoms with E-state index in [0.717, 1.165) is 25.0 Å². The predicted molar refractivity (Wildman–Crippen MR) is 80.2 cm³/mol. The summed E-state index contributed by atoms with van der Waals surface area (Å²) in [5.74, 6) is -0.517. The molecule has 1 aliphatic heterocycles. The fourth-order valence-corrected chi connectivity index (χ4v) is 2.50. The van der Waals surface area contributed by atoms with E-state index < -0.39 is 5.97 Å². The highest BCUT2D eigenvalue weighted by Gasteiger charge is 2.21. The Morgan fingerprint density at radius 3 is 2.91 bits per heavy atom. The molecule has 2 rings (SSSR count). The Morgan fingerprint density at radius 2 is 2.27 bits per heavy atom. The summed E-state index contributed by atoms with van der Waals surface area (Å²) in [5, 5.41) is 11.9. The number of carbonyl (C=O) groups is 2. The van der Waals surface area contributed by atoms with Crippen LogP contribution in [0.1, 0.15) is 28.8 Å². The van der Waals surface area contributed by atoms with Crippen molar-refractivity contribution >= 4 is 11.9 Å². The molecule has 1 heterocycles. The van der Waals surface area contributed by atoms with Crippen molar-refractivity contribution in [3.63, 3.8) is 0 Å². The molecule has 1 saturated heterocycles. The van der Waals surface area contributed by atoms with Crippen LogP contribution in [0.25, 0.3) is 0 Å². The molecule has 0 aliphatic carbocycles. The molecule has 0 spiro atoms. The number of rotatable bonds is 6. The lowest BCUT2D eigenvalue weighted by Crippen LogP contribution is -2.36. The minimum Gasteiger partial charge on any atom is -0.496 e. The van der Waals surface area contributed by atoms with Crippen LogP contribution >= 0.6 is 0 Å². The van der Waals surface area contributed by atoms with Gasteiger partial charge in [-0.1, -0.05) is 6.07 Å². The van der Waals surface area contributed by atoms with Crippen molar-refractivity contribution in [1.29, 1.82) is 0 Å². The number of carboxylic acids is 1. The zero-order chi connectivity index (χ0) is 15.9. The summed E-state index contributed by atoms with van der Waals surface area (Å²) in [6, 6.07) is 4.75. The van der Waals surface area contributed by atoms with Crippen LogP contribution in [-0.2, 0) is 16.0 Å². The number of carboxylic acid groups (broad SMARTS) is 1. The first-order valence-corrected chi connectivity index (χ1v) is 7.37. The van der Waals surface area contributed by atoms with Crippen molar-refractivity contribution in [1.82, 2.24) is 5.32 Å². The average Bonchev–Trinajstić information content (AvgIpc) is 2.55. The van der Waals surface area contributed by atoms with Crippen LogP contribution in [0.3, 0.4) is 0 Å². The summed E-state index contributed by atoms with van der Waals surface area (Å²) in [6.45, 7) is 1.71. The van der Waals surface area contributed by atoms with Crippen LogP contribution in [-0.4, -0.2) is 43.9 Å². The van der Waals surface area contributed by atoms with E-state index in [1.54, 1.807) is 6.07 Å². The Morgan fingerprint density at radius 1 is 1.45 bits per heavy atom. The number of carbonyl (C=O) groups excluding carboxylic acids is 1. The summed E-state index contributed by atoms with van der Waals surface area (Å²) < 4.78 is 10.5. The van der Waals surface area contributed by atoms with Crippen LogP contribution in [0, 0.1) is 5.92 Å². The van der Waals surface area contributed by atoms with Gasteiger partial charge >= 0.3 is 5.97 Å². The fourth-order valence-electron chi connectivity index (χ4n) is 2.50. The highest BCUT2D eigenvalue weighted by molar-refractivity contribution is 5.88. The molecule has 0 saturated carbocycles. The van der Waals surface area contributed by atoms with E-state index in [4.69, 9.17) is 14.6 Å². The fraction of sp³-hybridized carbons (Fsp3) is 0.500. The maximum Gasteiger partial charge on any atom is 0.335 e. The molecule has 1 aromatic rings. The summed E-state index contributed by atoms with van der Waals surface area (Å²) in [7, 11) is 1.50. The molecule has 0 aromatic heterocycles. The van der Waals surface area contributed by atoms with E-state index >= 15 is 0 Å². The van der Waals surface area contributed by atoms with Gasteiger partial charge in [0.1, 0.15) is 5.75 Å². The van der Waals surface area contributed by atoms with Crippen LogP contribution in [0.4, 0.5) is 0 Å². The molecule has 6 heteroatoms. The third-order valence-corrected chi connectivity index (χ3v) is 3.76. The van der Waals surface area contributed by atoms with Gasteiger partial charge in [0.25, 0.3) is 0 Å². The molecule has 2 N–H and O–H groups in total. The molecule has 22 heavy (non-hydrogen) atoms. The number of aromatic carboxylic acids is 1. The number of methoxy groups -OCH3 is 1. The van der Waals surface area contributed by atoms with Crippen molar-refractivity contribution in [2.24, 2.45) is 5.92 Å². The second-order valence-electron chi connectivity index (χ2n) is 5.29. The molecule has 0 bridgehead atoms. The van der Waals surface area contributed by atoms with Crippen LogP contribution in [0.2, 0.25) is 0 Å². The van der Waals surface area contributed by atoms with Crippen LogP contribution in [0.15, 0.2) is 18.2 Å². The maximum absolute atomic E-state index is 12.0. The van der Waals surface area contributed by atoms with Crippen LogP contribution in [0.5, 0.6) is 5.75 Å². The molecule has 1 aromatic carbocycles. The number of hydrogen-bond donors (Lipinski definition) is 2. The molecular formula is C16H21NO5. The number of amides is 1. The first-order chi connectivity index (χ1) is 10.6. The van der Waals surface area contributed by atoms with E-state index in [1.165, 1.54) is 19.2 Å². The van der Waals surface area contributed by atoms with Gasteiger partial charge in [0.2, 0.25) is 5.91 Å². The van der Waals surface area contributed by atoms with Gasteiger partial charge < -0.3 is 19.9 Å². The molecule has 1 atom stereocenters. The lowest BCUT2D eigenvalue weighted by Gasteiger charge is -2.21. The van der Waals surface area contributed by atoms with Gasteiger partial charge in [-0.05, 0) is 37.0 Å². The third kappa shape index (κ3) is 4.21. The number of nitrogens with one attached hydrogen (secondary N) is 1. The van der Waals surface area contributed by atoms with E-state index in [9.17, 15) is 9.59 Å². The quantitative estimate of drug-likeness (QED) is 0.831.